The van der Waals surface area contributed by atoms with Crippen LogP contribution in [0.2, 0.25) is 0 Å². The highest BCUT2D eigenvalue weighted by Gasteiger charge is 2.28. The molecular weight excluding hydrogens is 340 g/mol. The summed E-state index contributed by atoms with van der Waals surface area (Å²) in [5.41, 5.74) is 5.67. The zero-order valence-electron chi connectivity index (χ0n) is 14.9. The summed E-state index contributed by atoms with van der Waals surface area (Å²) in [5.74, 6) is 0. The molecule has 0 aliphatic carbocycles. The van der Waals surface area contributed by atoms with Gasteiger partial charge in [-0.15, -0.1) is 0 Å². The Bertz CT molecular complexity index is 1110. The lowest BCUT2D eigenvalue weighted by Crippen LogP contribution is -2.34. The first kappa shape index (κ1) is 16.1. The largest absolute Gasteiger partial charge is 0.422 e. The highest BCUT2D eigenvalue weighted by atomic mass is 16.4. The average Bonchev–Trinajstić information content (AvgIpc) is 2.70. The lowest BCUT2D eigenvalue weighted by molar-refractivity contribution is 0.319. The van der Waals surface area contributed by atoms with Gasteiger partial charge in [0.05, 0.1) is 0 Å². The predicted molar refractivity (Wildman–Crippen MR) is 105 cm³/mol. The SMILES string of the molecule is O=c1cc(/C(=N/O)c2ccccc2)c2cc3c4c(c2o1)CCCN4CCC3. The molecule has 27 heavy (non-hydrogen) atoms. The van der Waals surface area contributed by atoms with E-state index in [4.69, 9.17) is 4.42 Å². The van der Waals surface area contributed by atoms with E-state index in [1.165, 1.54) is 17.3 Å². The van der Waals surface area contributed by atoms with Gasteiger partial charge in [0.15, 0.2) is 0 Å². The van der Waals surface area contributed by atoms with Crippen molar-refractivity contribution in [3.05, 3.63) is 75.1 Å². The topological polar surface area (TPSA) is 66.0 Å². The number of hydrogen-bond acceptors (Lipinski definition) is 5. The Morgan fingerprint density at radius 3 is 2.63 bits per heavy atom. The van der Waals surface area contributed by atoms with Gasteiger partial charge in [-0.25, -0.2) is 4.79 Å². The smallest absolute Gasteiger partial charge is 0.336 e. The highest BCUT2D eigenvalue weighted by molar-refractivity contribution is 6.19. The van der Waals surface area contributed by atoms with Gasteiger partial charge >= 0.3 is 5.63 Å². The molecule has 0 saturated carbocycles. The van der Waals surface area contributed by atoms with E-state index in [2.05, 4.69) is 16.1 Å². The molecule has 136 valence electrons. The van der Waals surface area contributed by atoms with Crippen molar-refractivity contribution in [3.63, 3.8) is 0 Å². The van der Waals surface area contributed by atoms with Crippen LogP contribution < -0.4 is 10.5 Å². The van der Waals surface area contributed by atoms with Crippen molar-refractivity contribution in [1.82, 2.24) is 0 Å². The number of aryl methyl sites for hydroxylation is 2. The molecule has 0 amide bonds. The lowest BCUT2D eigenvalue weighted by Gasteiger charge is -2.37. The fourth-order valence-corrected chi connectivity index (χ4v) is 4.53. The standard InChI is InChI=1S/C22H20N2O3/c25-19-13-17(20(23-26)14-6-2-1-3-7-14)18-12-15-8-4-10-24-11-5-9-16(21(15)24)22(18)27-19/h1-3,6-7,12-13,26H,4-5,8-11H2/b23-20+. The van der Waals surface area contributed by atoms with Crippen LogP contribution in [0.15, 0.2) is 56.8 Å². The van der Waals surface area contributed by atoms with Gasteiger partial charge in [-0.05, 0) is 37.3 Å². The highest BCUT2D eigenvalue weighted by Crippen LogP contribution is 2.40. The zero-order valence-corrected chi connectivity index (χ0v) is 14.9. The molecule has 5 rings (SSSR count). The van der Waals surface area contributed by atoms with E-state index in [1.807, 2.05) is 30.3 Å². The van der Waals surface area contributed by atoms with Crippen molar-refractivity contribution < 1.29 is 9.62 Å². The second-order valence-electron chi connectivity index (χ2n) is 7.23. The van der Waals surface area contributed by atoms with Gasteiger partial charge < -0.3 is 14.5 Å². The van der Waals surface area contributed by atoms with Gasteiger partial charge in [-0.1, -0.05) is 35.5 Å². The first-order chi connectivity index (χ1) is 13.3. The summed E-state index contributed by atoms with van der Waals surface area (Å²) >= 11 is 0. The van der Waals surface area contributed by atoms with Gasteiger partial charge in [0, 0.05) is 46.9 Å². The van der Waals surface area contributed by atoms with Crippen LogP contribution in [0.1, 0.15) is 35.1 Å². The molecule has 0 unspecified atom stereocenters. The molecule has 0 bridgehead atoms. The number of rotatable bonds is 2. The van der Waals surface area contributed by atoms with Crippen LogP contribution >= 0.6 is 0 Å². The summed E-state index contributed by atoms with van der Waals surface area (Å²) in [7, 11) is 0. The Hall–Kier alpha value is -3.08. The molecule has 3 aromatic rings. The number of benzene rings is 2. The summed E-state index contributed by atoms with van der Waals surface area (Å²) < 4.78 is 5.68. The van der Waals surface area contributed by atoms with Crippen molar-refractivity contribution in [1.29, 1.82) is 0 Å². The van der Waals surface area contributed by atoms with Crippen LogP contribution in [0.25, 0.3) is 11.0 Å². The van der Waals surface area contributed by atoms with Crippen LogP contribution in [0.5, 0.6) is 0 Å². The van der Waals surface area contributed by atoms with Crippen molar-refractivity contribution in [2.45, 2.75) is 25.7 Å². The molecule has 0 spiro atoms. The molecule has 5 heteroatoms. The molecule has 5 nitrogen and oxygen atoms in total. The normalized spacial score (nSPS) is 16.4. The molecule has 2 aromatic carbocycles. The Kier molecular flexibility index (Phi) is 3.74. The molecule has 2 aliphatic heterocycles. The Balaban J connectivity index is 1.83. The summed E-state index contributed by atoms with van der Waals surface area (Å²) in [5, 5.41) is 14.1. The number of anilines is 1. The minimum atomic E-state index is -0.418. The third-order valence-corrected chi connectivity index (χ3v) is 5.63. The molecule has 0 radical (unpaired) electrons. The van der Waals surface area contributed by atoms with E-state index in [0.29, 0.717) is 16.9 Å². The number of hydrogen-bond donors (Lipinski definition) is 1. The average molecular weight is 360 g/mol. The second kappa shape index (κ2) is 6.27. The summed E-state index contributed by atoms with van der Waals surface area (Å²) in [6.45, 7) is 2.12. The zero-order chi connectivity index (χ0) is 18.4. The quantitative estimate of drug-likeness (QED) is 0.327. The third-order valence-electron chi connectivity index (χ3n) is 5.63. The maximum Gasteiger partial charge on any atom is 0.336 e. The van der Waals surface area contributed by atoms with Gasteiger partial charge in [0.1, 0.15) is 11.3 Å². The Morgan fingerprint density at radius 1 is 1.07 bits per heavy atom. The molecular formula is C22H20N2O3. The minimum absolute atomic E-state index is 0.393. The van der Waals surface area contributed by atoms with Crippen molar-refractivity contribution in [2.75, 3.05) is 18.0 Å². The van der Waals surface area contributed by atoms with Crippen molar-refractivity contribution >= 4 is 22.4 Å². The van der Waals surface area contributed by atoms with Crippen LogP contribution in [0, 0.1) is 0 Å². The third kappa shape index (κ3) is 2.53. The molecule has 0 saturated heterocycles. The van der Waals surface area contributed by atoms with E-state index in [-0.39, 0.29) is 0 Å². The van der Waals surface area contributed by atoms with E-state index in [9.17, 15) is 10.0 Å². The first-order valence-corrected chi connectivity index (χ1v) is 9.41. The van der Waals surface area contributed by atoms with E-state index >= 15 is 0 Å². The summed E-state index contributed by atoms with van der Waals surface area (Å²) in [4.78, 5) is 14.8. The van der Waals surface area contributed by atoms with Gasteiger partial charge in [0.2, 0.25) is 0 Å². The number of fused-ring (bicyclic) bond motifs is 2. The van der Waals surface area contributed by atoms with Gasteiger partial charge in [-0.2, -0.15) is 0 Å². The number of oxime groups is 1. The molecule has 1 N–H and O–H groups in total. The maximum atomic E-state index is 12.4. The first-order valence-electron chi connectivity index (χ1n) is 9.41. The predicted octanol–water partition coefficient (Wildman–Crippen LogP) is 3.72. The molecule has 0 fully saturated rings. The van der Waals surface area contributed by atoms with Crippen molar-refractivity contribution in [2.24, 2.45) is 5.16 Å². The van der Waals surface area contributed by atoms with Crippen molar-refractivity contribution in [3.8, 4) is 0 Å². The Labute approximate surface area is 156 Å². The number of nitrogens with zero attached hydrogens (tertiary/aromatic N) is 2. The summed E-state index contributed by atoms with van der Waals surface area (Å²) in [6.07, 6.45) is 4.10. The maximum absolute atomic E-state index is 12.4. The molecule has 1 aromatic heterocycles. The van der Waals surface area contributed by atoms with Crippen LogP contribution in [0.3, 0.4) is 0 Å². The fraction of sp³-hybridized carbons (Fsp3) is 0.273. The molecule has 2 aliphatic rings. The monoisotopic (exact) mass is 360 g/mol. The van der Waals surface area contributed by atoms with Crippen LogP contribution in [-0.4, -0.2) is 24.0 Å². The lowest BCUT2D eigenvalue weighted by atomic mass is 9.88. The minimum Gasteiger partial charge on any atom is -0.422 e. The summed E-state index contributed by atoms with van der Waals surface area (Å²) in [6, 6.07) is 13.0. The van der Waals surface area contributed by atoms with Gasteiger partial charge in [-0.3, -0.25) is 0 Å². The molecule has 0 atom stereocenters. The van der Waals surface area contributed by atoms with E-state index in [0.717, 1.165) is 55.3 Å². The van der Waals surface area contributed by atoms with Crippen LogP contribution in [-0.2, 0) is 12.8 Å². The Morgan fingerprint density at radius 2 is 1.85 bits per heavy atom. The van der Waals surface area contributed by atoms with E-state index in [1.54, 1.807) is 0 Å². The van der Waals surface area contributed by atoms with Gasteiger partial charge in [0.25, 0.3) is 0 Å². The fourth-order valence-electron chi connectivity index (χ4n) is 4.53. The van der Waals surface area contributed by atoms with E-state index < -0.39 is 5.63 Å². The van der Waals surface area contributed by atoms with Crippen LogP contribution in [0.4, 0.5) is 5.69 Å². The second-order valence-corrected chi connectivity index (χ2v) is 7.23. The molecule has 3 heterocycles.